The molecule has 4 heteroatoms. The van der Waals surface area contributed by atoms with Gasteiger partial charge in [0.2, 0.25) is 0 Å². The van der Waals surface area contributed by atoms with Crippen LogP contribution in [-0.2, 0) is 9.53 Å². The Morgan fingerprint density at radius 2 is 2.25 bits per heavy atom. The van der Waals surface area contributed by atoms with Crippen LogP contribution in [0.25, 0.3) is 0 Å². The number of fused-ring (bicyclic) bond motifs is 1. The molecule has 1 atom stereocenters. The second kappa shape index (κ2) is 4.39. The molecular formula is C12H13NO3. The summed E-state index contributed by atoms with van der Waals surface area (Å²) in [6.07, 6.45) is -0.664. The van der Waals surface area contributed by atoms with Gasteiger partial charge in [0.05, 0.1) is 5.69 Å². The highest BCUT2D eigenvalue weighted by atomic mass is 16.7. The molecule has 16 heavy (non-hydrogen) atoms. The molecule has 1 aliphatic heterocycles. The fourth-order valence-electron chi connectivity index (χ4n) is 1.67. The maximum absolute atomic E-state index is 10.9. The van der Waals surface area contributed by atoms with Crippen molar-refractivity contribution in [1.29, 1.82) is 0 Å². The summed E-state index contributed by atoms with van der Waals surface area (Å²) in [4.78, 5) is 12.6. The third-order valence-electron chi connectivity index (χ3n) is 2.47. The number of anilines is 1. The Labute approximate surface area is 94.1 Å². The maximum Gasteiger partial charge on any atom is 0.252 e. The highest BCUT2D eigenvalue weighted by Gasteiger charge is 2.29. The molecule has 0 spiro atoms. The Balaban J connectivity index is 2.41. The topological polar surface area (TPSA) is 38.8 Å². The van der Waals surface area contributed by atoms with E-state index in [-0.39, 0.29) is 0 Å². The first-order valence-electron chi connectivity index (χ1n) is 5.14. The molecule has 1 aromatic carbocycles. The normalized spacial score (nSPS) is 18.8. The van der Waals surface area contributed by atoms with Crippen LogP contribution in [0.4, 0.5) is 5.69 Å². The van der Waals surface area contributed by atoms with Crippen molar-refractivity contribution in [3.63, 3.8) is 0 Å². The van der Waals surface area contributed by atoms with E-state index in [0.29, 0.717) is 18.1 Å². The zero-order valence-corrected chi connectivity index (χ0v) is 9.27. The Hall–Kier alpha value is -1.77. The number of likely N-dealkylation sites (N-methyl/N-ethyl adjacent to an activating group) is 1. The smallest absolute Gasteiger partial charge is 0.252 e. The lowest BCUT2D eigenvalue weighted by Crippen LogP contribution is -2.37. The first-order valence-corrected chi connectivity index (χ1v) is 5.14. The van der Waals surface area contributed by atoms with Crippen molar-refractivity contribution >= 4 is 11.6 Å². The van der Waals surface area contributed by atoms with E-state index in [1.165, 1.54) is 0 Å². The van der Waals surface area contributed by atoms with Gasteiger partial charge in [0.1, 0.15) is 5.75 Å². The first-order chi connectivity index (χ1) is 7.77. The van der Waals surface area contributed by atoms with E-state index in [1.54, 1.807) is 11.9 Å². The number of ether oxygens (including phenoxy) is 2. The zero-order valence-electron chi connectivity index (χ0n) is 9.27. The molecule has 0 fully saturated rings. The minimum absolute atomic E-state index is 0.362. The van der Waals surface area contributed by atoms with E-state index in [9.17, 15) is 4.79 Å². The lowest BCUT2D eigenvalue weighted by atomic mass is 10.2. The van der Waals surface area contributed by atoms with Gasteiger partial charge >= 0.3 is 0 Å². The third kappa shape index (κ3) is 1.69. The lowest BCUT2D eigenvalue weighted by molar-refractivity contribution is -0.0523. The molecule has 0 N–H and O–H groups in total. The van der Waals surface area contributed by atoms with Gasteiger partial charge in [-0.15, -0.1) is 0 Å². The van der Waals surface area contributed by atoms with Crippen LogP contribution >= 0.6 is 0 Å². The van der Waals surface area contributed by atoms with Crippen LogP contribution in [0.2, 0.25) is 0 Å². The van der Waals surface area contributed by atoms with Crippen molar-refractivity contribution in [3.05, 3.63) is 30.0 Å². The van der Waals surface area contributed by atoms with E-state index in [2.05, 4.69) is 0 Å². The first kappa shape index (κ1) is 10.7. The molecular weight excluding hydrogens is 206 g/mol. The van der Waals surface area contributed by atoms with Gasteiger partial charge in [0, 0.05) is 13.7 Å². The van der Waals surface area contributed by atoms with E-state index in [0.717, 1.165) is 5.69 Å². The molecule has 0 saturated heterocycles. The van der Waals surface area contributed by atoms with Crippen LogP contribution in [-0.4, -0.2) is 25.9 Å². The number of rotatable bonds is 2. The molecule has 0 aliphatic carbocycles. The lowest BCUT2D eigenvalue weighted by Gasteiger charge is -2.33. The average Bonchev–Trinajstić information content (AvgIpc) is 2.30. The molecule has 0 bridgehead atoms. The summed E-state index contributed by atoms with van der Waals surface area (Å²) in [6, 6.07) is 7.50. The van der Waals surface area contributed by atoms with Crippen LogP contribution in [0.1, 0.15) is 6.92 Å². The number of hydrogen-bond donors (Lipinski definition) is 0. The second-order valence-corrected chi connectivity index (χ2v) is 3.42. The number of hydrogen-bond acceptors (Lipinski definition) is 4. The summed E-state index contributed by atoms with van der Waals surface area (Å²) in [6.45, 7) is 2.33. The highest BCUT2D eigenvalue weighted by molar-refractivity contribution is 5.71. The van der Waals surface area contributed by atoms with Gasteiger partial charge in [0.25, 0.3) is 6.29 Å². The van der Waals surface area contributed by atoms with Gasteiger partial charge < -0.3 is 14.4 Å². The molecule has 1 aromatic rings. The van der Waals surface area contributed by atoms with Crippen LogP contribution in [0.15, 0.2) is 30.0 Å². The summed E-state index contributed by atoms with van der Waals surface area (Å²) in [5, 5.41) is 0. The zero-order chi connectivity index (χ0) is 11.5. The second-order valence-electron chi connectivity index (χ2n) is 3.42. The third-order valence-corrected chi connectivity index (χ3v) is 2.47. The minimum Gasteiger partial charge on any atom is -0.456 e. The van der Waals surface area contributed by atoms with E-state index >= 15 is 0 Å². The molecule has 1 unspecified atom stereocenters. The number of benzene rings is 1. The summed E-state index contributed by atoms with van der Waals surface area (Å²) in [7, 11) is 1.80. The van der Waals surface area contributed by atoms with Crippen LogP contribution in [0.3, 0.4) is 0 Å². The molecule has 0 aromatic heterocycles. The van der Waals surface area contributed by atoms with Crippen molar-refractivity contribution in [2.24, 2.45) is 0 Å². The van der Waals surface area contributed by atoms with Crippen LogP contribution in [0.5, 0.6) is 5.75 Å². The summed E-state index contributed by atoms with van der Waals surface area (Å²) in [5.74, 6) is 2.58. The Kier molecular flexibility index (Phi) is 2.95. The van der Waals surface area contributed by atoms with Crippen molar-refractivity contribution in [1.82, 2.24) is 0 Å². The maximum atomic E-state index is 10.9. The van der Waals surface area contributed by atoms with Crippen LogP contribution < -0.4 is 9.64 Å². The van der Waals surface area contributed by atoms with Gasteiger partial charge in [-0.05, 0) is 19.1 Å². The predicted octanol–water partition coefficient (Wildman–Crippen LogP) is 1.59. The van der Waals surface area contributed by atoms with E-state index in [4.69, 9.17) is 9.47 Å². The Bertz CT molecular complexity index is 438. The van der Waals surface area contributed by atoms with Gasteiger partial charge in [-0.25, -0.2) is 4.79 Å². The molecule has 1 heterocycles. The molecule has 1 aliphatic rings. The van der Waals surface area contributed by atoms with Crippen molar-refractivity contribution in [3.8, 4) is 5.75 Å². The molecule has 4 nitrogen and oxygen atoms in total. The standard InChI is InChI=1S/C12H13NO3/c1-3-15-12-10(8-14)13(2)9-6-4-5-7-11(9)16-12/h4-7,12H,3H2,1-2H3. The number of nitrogens with zero attached hydrogens (tertiary/aromatic N) is 1. The van der Waals surface area contributed by atoms with Gasteiger partial charge in [0.15, 0.2) is 11.6 Å². The Morgan fingerprint density at radius 3 is 2.94 bits per heavy atom. The van der Waals surface area contributed by atoms with Gasteiger partial charge in [-0.2, -0.15) is 0 Å². The van der Waals surface area contributed by atoms with E-state index in [1.807, 2.05) is 37.1 Å². The summed E-state index contributed by atoms with van der Waals surface area (Å²) in [5.41, 5.74) is 1.21. The largest absolute Gasteiger partial charge is 0.456 e. The van der Waals surface area contributed by atoms with Gasteiger partial charge in [-0.1, -0.05) is 12.1 Å². The van der Waals surface area contributed by atoms with Gasteiger partial charge in [-0.3, -0.25) is 0 Å². The summed E-state index contributed by atoms with van der Waals surface area (Å²) >= 11 is 0. The molecule has 2 rings (SSSR count). The highest BCUT2D eigenvalue weighted by Crippen LogP contribution is 2.35. The van der Waals surface area contributed by atoms with Crippen molar-refractivity contribution in [2.75, 3.05) is 18.6 Å². The minimum atomic E-state index is -0.664. The SMILES string of the molecule is CCOC1Oc2ccccc2N(C)C1=C=O. The average molecular weight is 219 g/mol. The number of para-hydroxylation sites is 2. The van der Waals surface area contributed by atoms with E-state index < -0.39 is 6.29 Å². The molecule has 0 amide bonds. The fraction of sp³-hybridized carbons (Fsp3) is 0.333. The van der Waals surface area contributed by atoms with Crippen molar-refractivity contribution in [2.45, 2.75) is 13.2 Å². The molecule has 84 valence electrons. The summed E-state index contributed by atoms with van der Waals surface area (Å²) < 4.78 is 10.9. The monoisotopic (exact) mass is 219 g/mol. The quantitative estimate of drug-likeness (QED) is 0.708. The molecule has 0 saturated carbocycles. The molecule has 0 radical (unpaired) electrons. The van der Waals surface area contributed by atoms with Crippen LogP contribution in [0, 0.1) is 0 Å². The predicted molar refractivity (Wildman–Crippen MR) is 60.1 cm³/mol. The fourth-order valence-corrected chi connectivity index (χ4v) is 1.67. The number of carbonyl (C=O) groups excluding carboxylic acids is 1. The Morgan fingerprint density at radius 1 is 1.50 bits per heavy atom. The van der Waals surface area contributed by atoms with Crippen molar-refractivity contribution < 1.29 is 14.3 Å².